The zero-order valence-corrected chi connectivity index (χ0v) is 42.2. The zero-order valence-electron chi connectivity index (χ0n) is 41.4. The number of carbonyl (C=O) groups is 1. The van der Waals surface area contributed by atoms with Crippen LogP contribution in [0.2, 0.25) is 0 Å². The van der Waals surface area contributed by atoms with Gasteiger partial charge in [-0.1, -0.05) is 176 Å². The summed E-state index contributed by atoms with van der Waals surface area (Å²) >= 11 is 0. The topological polar surface area (TPSA) is 178 Å². The quantitative estimate of drug-likeness (QED) is 0.0197. The van der Waals surface area contributed by atoms with Gasteiger partial charge in [0.15, 0.2) is 6.29 Å². The van der Waals surface area contributed by atoms with Gasteiger partial charge in [0.1, 0.15) is 30.5 Å². The van der Waals surface area contributed by atoms with Crippen molar-refractivity contribution in [3.8, 4) is 0 Å². The first-order valence-corrected chi connectivity index (χ1v) is 27.2. The van der Waals surface area contributed by atoms with Crippen LogP contribution in [-0.4, -0.2) is 97.5 Å². The number of hydrogen-bond donors (Lipinski definition) is 4. The van der Waals surface area contributed by atoms with Gasteiger partial charge in [0.05, 0.1) is 19.8 Å². The van der Waals surface area contributed by atoms with Crippen LogP contribution in [0.25, 0.3) is 0 Å². The Labute approximate surface area is 406 Å². The number of unbranched alkanes of at least 4 members (excludes halogenated alkanes) is 17. The van der Waals surface area contributed by atoms with E-state index in [2.05, 4.69) is 103 Å². The molecule has 0 spiro atoms. The lowest BCUT2D eigenvalue weighted by molar-refractivity contribution is -0.301. The van der Waals surface area contributed by atoms with Crippen molar-refractivity contribution in [3.63, 3.8) is 0 Å². The van der Waals surface area contributed by atoms with E-state index < -0.39 is 59.8 Å². The summed E-state index contributed by atoms with van der Waals surface area (Å²) in [5, 5.41) is 30.8. The Balaban J connectivity index is 2.39. The lowest BCUT2D eigenvalue weighted by Gasteiger charge is -2.41. The van der Waals surface area contributed by atoms with E-state index >= 15 is 0 Å². The third kappa shape index (κ3) is 37.8. The van der Waals surface area contributed by atoms with E-state index in [9.17, 15) is 33.1 Å². The van der Waals surface area contributed by atoms with Crippen LogP contribution >= 0.6 is 0 Å². The fourth-order valence-corrected chi connectivity index (χ4v) is 7.88. The van der Waals surface area contributed by atoms with Crippen molar-refractivity contribution in [1.82, 2.24) is 0 Å². The van der Waals surface area contributed by atoms with Crippen molar-refractivity contribution in [2.24, 2.45) is 0 Å². The molecule has 1 heterocycles. The first-order chi connectivity index (χ1) is 32.6. The third-order valence-electron chi connectivity index (χ3n) is 11.3. The molecule has 1 fully saturated rings. The third-order valence-corrected chi connectivity index (χ3v) is 11.7. The number of carbonyl (C=O) groups excluding carboxylic acids is 1. The molecule has 1 aliphatic heterocycles. The largest absolute Gasteiger partial charge is 0.457 e. The lowest BCUT2D eigenvalue weighted by Crippen LogP contribution is -2.60. The van der Waals surface area contributed by atoms with Gasteiger partial charge in [0.2, 0.25) is 0 Å². The second-order valence-electron chi connectivity index (χ2n) is 17.4. The Kier molecular flexibility index (Phi) is 41.4. The Morgan fingerprint density at radius 2 is 1.03 bits per heavy atom. The minimum atomic E-state index is -5.07. The van der Waals surface area contributed by atoms with Gasteiger partial charge < -0.3 is 34.3 Å². The number of esters is 1. The highest BCUT2D eigenvalue weighted by Gasteiger charge is 2.48. The number of ether oxygens (including phenoxy) is 4. The van der Waals surface area contributed by atoms with Gasteiger partial charge in [-0.25, -0.2) is 4.18 Å². The van der Waals surface area contributed by atoms with Gasteiger partial charge in [-0.2, -0.15) is 8.42 Å². The van der Waals surface area contributed by atoms with Crippen LogP contribution in [0.3, 0.4) is 0 Å². The molecule has 0 saturated carbocycles. The van der Waals surface area contributed by atoms with Crippen molar-refractivity contribution in [1.29, 1.82) is 0 Å². The van der Waals surface area contributed by atoms with Gasteiger partial charge >= 0.3 is 16.4 Å². The molecule has 0 aromatic heterocycles. The van der Waals surface area contributed by atoms with Gasteiger partial charge in [0.25, 0.3) is 0 Å². The van der Waals surface area contributed by atoms with E-state index in [1.165, 1.54) is 64.2 Å². The SMILES string of the molecule is CC/C=C\C/C=C\C/C=C\C/C=C\C/C=C\CCCCCCCC(=O)OC(COCCCCCCCCCC/C=C\C/C=C\CCCCCC)COC1OC(CO)C(O)C(OS(=O)(=O)O)C1O. The van der Waals surface area contributed by atoms with E-state index in [1.807, 2.05) is 0 Å². The first-order valence-electron chi connectivity index (χ1n) is 25.8. The predicted molar refractivity (Wildman–Crippen MR) is 271 cm³/mol. The second kappa shape index (κ2) is 44.5. The van der Waals surface area contributed by atoms with Gasteiger partial charge in [0, 0.05) is 13.0 Å². The molecule has 6 unspecified atom stereocenters. The van der Waals surface area contributed by atoms with Crippen molar-refractivity contribution in [2.45, 2.75) is 224 Å². The number of allylic oxidation sites excluding steroid dienone is 14. The molecule has 1 aliphatic rings. The monoisotopic (exact) mass is 965 g/mol. The summed E-state index contributed by atoms with van der Waals surface area (Å²) in [5.41, 5.74) is 0. The summed E-state index contributed by atoms with van der Waals surface area (Å²) in [7, 11) is -5.07. The zero-order chi connectivity index (χ0) is 48.9. The van der Waals surface area contributed by atoms with Crippen molar-refractivity contribution in [2.75, 3.05) is 26.4 Å². The van der Waals surface area contributed by atoms with E-state index in [-0.39, 0.29) is 19.6 Å². The van der Waals surface area contributed by atoms with Gasteiger partial charge in [-0.3, -0.25) is 9.35 Å². The number of aliphatic hydroxyl groups excluding tert-OH is 3. The van der Waals surface area contributed by atoms with Crippen LogP contribution in [0.15, 0.2) is 85.1 Å². The molecule has 67 heavy (non-hydrogen) atoms. The summed E-state index contributed by atoms with van der Waals surface area (Å²) in [6.45, 7) is 3.82. The minimum absolute atomic E-state index is 0.0190. The first kappa shape index (κ1) is 62.3. The molecule has 0 aromatic rings. The minimum Gasteiger partial charge on any atom is -0.457 e. The van der Waals surface area contributed by atoms with Crippen LogP contribution in [0, 0.1) is 0 Å². The average Bonchev–Trinajstić information content (AvgIpc) is 3.30. The fraction of sp³-hybridized carbons (Fsp3) is 0.722. The highest BCUT2D eigenvalue weighted by atomic mass is 32.3. The van der Waals surface area contributed by atoms with Crippen LogP contribution in [-0.2, 0) is 38.3 Å². The molecule has 6 atom stereocenters. The molecule has 0 aromatic carbocycles. The van der Waals surface area contributed by atoms with Crippen LogP contribution in [0.1, 0.15) is 187 Å². The highest BCUT2D eigenvalue weighted by Crippen LogP contribution is 2.26. The smallest absolute Gasteiger partial charge is 0.397 e. The summed E-state index contributed by atoms with van der Waals surface area (Å²) in [6, 6.07) is 0. The molecule has 0 radical (unpaired) electrons. The lowest BCUT2D eigenvalue weighted by atomic mass is 9.99. The maximum absolute atomic E-state index is 12.9. The molecule has 0 aliphatic carbocycles. The number of aliphatic hydroxyl groups is 3. The number of hydrogen-bond acceptors (Lipinski definition) is 11. The van der Waals surface area contributed by atoms with E-state index in [0.717, 1.165) is 96.3 Å². The van der Waals surface area contributed by atoms with E-state index in [0.29, 0.717) is 13.0 Å². The average molecular weight is 965 g/mol. The summed E-state index contributed by atoms with van der Waals surface area (Å²) in [5.74, 6) is -0.422. The molecule has 12 nitrogen and oxygen atoms in total. The molecule has 1 saturated heterocycles. The summed E-state index contributed by atoms with van der Waals surface area (Å²) in [6.07, 6.45) is 50.3. The van der Waals surface area contributed by atoms with Crippen LogP contribution in [0.5, 0.6) is 0 Å². The summed E-state index contributed by atoms with van der Waals surface area (Å²) in [4.78, 5) is 12.9. The van der Waals surface area contributed by atoms with Crippen molar-refractivity contribution >= 4 is 16.4 Å². The number of rotatable bonds is 44. The fourth-order valence-electron chi connectivity index (χ4n) is 7.38. The van der Waals surface area contributed by atoms with Crippen molar-refractivity contribution in [3.05, 3.63) is 85.1 Å². The Morgan fingerprint density at radius 1 is 0.582 bits per heavy atom. The maximum atomic E-state index is 12.9. The molecule has 386 valence electrons. The Morgan fingerprint density at radius 3 is 1.51 bits per heavy atom. The molecule has 0 bridgehead atoms. The van der Waals surface area contributed by atoms with Crippen LogP contribution in [0.4, 0.5) is 0 Å². The van der Waals surface area contributed by atoms with Crippen LogP contribution < -0.4 is 0 Å². The van der Waals surface area contributed by atoms with Gasteiger partial charge in [-0.15, -0.1) is 0 Å². The van der Waals surface area contributed by atoms with E-state index in [4.69, 9.17) is 18.9 Å². The maximum Gasteiger partial charge on any atom is 0.397 e. The van der Waals surface area contributed by atoms with Crippen molar-refractivity contribution < 1.29 is 56.2 Å². The summed E-state index contributed by atoms with van der Waals surface area (Å²) < 4.78 is 59.3. The molecule has 0 amide bonds. The Hall–Kier alpha value is -2.72. The molecular weight excluding hydrogens is 873 g/mol. The normalized spacial score (nSPS) is 20.1. The highest BCUT2D eigenvalue weighted by molar-refractivity contribution is 7.80. The standard InChI is InChI=1S/C54H92O12S/c1-3-5-7-9-11-13-15-17-19-21-23-24-25-27-29-31-33-35-37-39-41-43-50(56)64-48(47-63-54-52(58)53(66-67(59,60)61)51(57)49(45-55)65-54)46-62-44-42-40-38-36-34-32-30-28-26-22-20-18-16-14-12-10-8-6-4-2/h5,7,11,13-14,16-17,19-20,22-24,27,29,48-49,51-55,57-58H,3-4,6,8-10,12,15,18,21,25-26,28,30-47H2,1-2H3,(H,59,60,61)/b7-5-,13-11-,16-14-,19-17-,22-20-,24-23-,29-27-. The van der Waals surface area contributed by atoms with E-state index in [1.54, 1.807) is 0 Å². The molecular formula is C54H92O12S. The predicted octanol–water partition coefficient (Wildman–Crippen LogP) is 12.0. The molecule has 1 rings (SSSR count). The Bertz CT molecular complexity index is 1490. The molecule has 4 N–H and O–H groups in total. The molecule has 13 heteroatoms. The van der Waals surface area contributed by atoms with Gasteiger partial charge in [-0.05, 0) is 89.9 Å². The second-order valence-corrected chi connectivity index (χ2v) is 18.4.